The molecule has 24 heavy (non-hydrogen) atoms. The molecule has 128 valence electrons. The third-order valence-electron chi connectivity index (χ3n) is 2.94. The van der Waals surface area contributed by atoms with Crippen molar-refractivity contribution in [3.05, 3.63) is 40.0 Å². The van der Waals surface area contributed by atoms with Crippen molar-refractivity contribution in [1.82, 2.24) is 25.9 Å². The molecule has 0 aliphatic heterocycles. The first-order valence-electron chi connectivity index (χ1n) is 6.97. The van der Waals surface area contributed by atoms with Gasteiger partial charge in [-0.2, -0.15) is 5.10 Å². The van der Waals surface area contributed by atoms with Gasteiger partial charge in [0.15, 0.2) is 10.4 Å². The van der Waals surface area contributed by atoms with Crippen LogP contribution in [-0.4, -0.2) is 34.0 Å². The number of nitrogens with zero attached hydrogens (tertiary/aromatic N) is 2. The monoisotopic (exact) mass is 397 g/mol. The van der Waals surface area contributed by atoms with Crippen molar-refractivity contribution in [2.24, 2.45) is 0 Å². The van der Waals surface area contributed by atoms with Crippen LogP contribution in [0.2, 0.25) is 0 Å². The number of carbonyl (C=O) groups excluding carboxylic acids is 3. The minimum atomic E-state index is -0.573. The van der Waals surface area contributed by atoms with Gasteiger partial charge in [0.2, 0.25) is 0 Å². The minimum absolute atomic E-state index is 0.0211. The molecule has 0 aliphatic rings. The first kappa shape index (κ1) is 17.7. The molecule has 0 aliphatic carbocycles. The number of hydrogen-bond acceptors (Lipinski definition) is 5. The molecule has 0 saturated heterocycles. The number of nitrogens with one attached hydrogen (secondary N) is 3. The van der Waals surface area contributed by atoms with Gasteiger partial charge in [-0.05, 0) is 48.0 Å². The van der Waals surface area contributed by atoms with Crippen LogP contribution in [0, 0.1) is 13.8 Å². The molecule has 0 fully saturated rings. The predicted molar refractivity (Wildman–Crippen MR) is 86.7 cm³/mol. The minimum Gasteiger partial charge on any atom is -0.444 e. The first-order valence-corrected chi connectivity index (χ1v) is 7.76. The number of halogens is 1. The Labute approximate surface area is 145 Å². The zero-order chi connectivity index (χ0) is 17.7. The second kappa shape index (κ2) is 7.77. The highest BCUT2D eigenvalue weighted by atomic mass is 79.9. The molecule has 0 aromatic carbocycles. The lowest BCUT2D eigenvalue weighted by Crippen LogP contribution is -2.47. The molecule has 2 aromatic heterocycles. The van der Waals surface area contributed by atoms with Crippen molar-refractivity contribution in [2.45, 2.75) is 20.4 Å². The Hall–Kier alpha value is -2.62. The smallest absolute Gasteiger partial charge is 0.287 e. The average Bonchev–Trinajstić information content (AvgIpc) is 3.08. The van der Waals surface area contributed by atoms with E-state index < -0.39 is 17.7 Å². The number of rotatable bonds is 5. The Balaban J connectivity index is 1.71. The van der Waals surface area contributed by atoms with Crippen molar-refractivity contribution in [1.29, 1.82) is 0 Å². The van der Waals surface area contributed by atoms with Gasteiger partial charge in [-0.25, -0.2) is 0 Å². The van der Waals surface area contributed by atoms with Crippen molar-refractivity contribution in [2.75, 3.05) is 6.54 Å². The molecule has 3 N–H and O–H groups in total. The number of aromatic nitrogens is 2. The Morgan fingerprint density at radius 1 is 1.21 bits per heavy atom. The fourth-order valence-corrected chi connectivity index (χ4v) is 2.18. The molecule has 0 spiro atoms. The van der Waals surface area contributed by atoms with E-state index in [2.05, 4.69) is 37.2 Å². The molecule has 0 radical (unpaired) electrons. The fourth-order valence-electron chi connectivity index (χ4n) is 1.88. The van der Waals surface area contributed by atoms with Gasteiger partial charge in [0.1, 0.15) is 6.54 Å². The van der Waals surface area contributed by atoms with Gasteiger partial charge in [0.25, 0.3) is 17.7 Å². The third kappa shape index (κ3) is 4.95. The van der Waals surface area contributed by atoms with Crippen LogP contribution in [0.4, 0.5) is 0 Å². The molecular weight excluding hydrogens is 382 g/mol. The van der Waals surface area contributed by atoms with E-state index in [-0.39, 0.29) is 18.8 Å². The molecule has 0 unspecified atom stereocenters. The van der Waals surface area contributed by atoms with Gasteiger partial charge < -0.3 is 9.73 Å². The number of carbonyl (C=O) groups is 3. The van der Waals surface area contributed by atoms with Gasteiger partial charge in [-0.15, -0.1) is 0 Å². The molecule has 2 aromatic rings. The summed E-state index contributed by atoms with van der Waals surface area (Å²) in [4.78, 5) is 35.0. The van der Waals surface area contributed by atoms with Crippen LogP contribution in [0.3, 0.4) is 0 Å². The maximum Gasteiger partial charge on any atom is 0.287 e. The van der Waals surface area contributed by atoms with Crippen LogP contribution in [0.25, 0.3) is 0 Å². The van der Waals surface area contributed by atoms with E-state index in [9.17, 15) is 14.4 Å². The van der Waals surface area contributed by atoms with Crippen molar-refractivity contribution >= 4 is 33.7 Å². The van der Waals surface area contributed by atoms with Crippen LogP contribution in [-0.2, 0) is 16.1 Å². The van der Waals surface area contributed by atoms with Crippen LogP contribution in [0.1, 0.15) is 21.9 Å². The molecule has 9 nitrogen and oxygen atoms in total. The number of hydrazine groups is 1. The summed E-state index contributed by atoms with van der Waals surface area (Å²) in [6.07, 6.45) is 0. The van der Waals surface area contributed by atoms with Gasteiger partial charge in [0.05, 0.1) is 12.2 Å². The van der Waals surface area contributed by atoms with E-state index in [1.807, 2.05) is 19.9 Å². The van der Waals surface area contributed by atoms with E-state index >= 15 is 0 Å². The zero-order valence-corrected chi connectivity index (χ0v) is 14.6. The molecule has 0 saturated carbocycles. The molecule has 2 heterocycles. The number of hydrogen-bond donors (Lipinski definition) is 3. The topological polar surface area (TPSA) is 118 Å². The van der Waals surface area contributed by atoms with Crippen LogP contribution < -0.4 is 16.2 Å². The molecule has 3 amide bonds. The standard InChI is InChI=1S/C14H16BrN5O4/c1-8-5-9(2)20(19-8)7-13(22)18-17-12(21)6-16-14(23)10-3-4-11(15)24-10/h3-5H,6-7H2,1-2H3,(H,16,23)(H,17,21)(H,18,22). The van der Waals surface area contributed by atoms with E-state index in [4.69, 9.17) is 4.42 Å². The van der Waals surface area contributed by atoms with Gasteiger partial charge in [0, 0.05) is 5.69 Å². The summed E-state index contributed by atoms with van der Waals surface area (Å²) < 4.78 is 6.98. The molecule has 2 rings (SSSR count). The summed E-state index contributed by atoms with van der Waals surface area (Å²) in [5.41, 5.74) is 6.10. The van der Waals surface area contributed by atoms with Gasteiger partial charge >= 0.3 is 0 Å². The SMILES string of the molecule is Cc1cc(C)n(CC(=O)NNC(=O)CNC(=O)c2ccc(Br)o2)n1. The quantitative estimate of drug-likeness (QED) is 0.632. The second-order valence-electron chi connectivity index (χ2n) is 4.97. The van der Waals surface area contributed by atoms with E-state index in [1.165, 1.54) is 10.7 Å². The number of furan rings is 1. The van der Waals surface area contributed by atoms with Gasteiger partial charge in [-0.1, -0.05) is 0 Å². The highest BCUT2D eigenvalue weighted by molar-refractivity contribution is 9.10. The van der Waals surface area contributed by atoms with Crippen LogP contribution in [0.15, 0.2) is 27.3 Å². The van der Waals surface area contributed by atoms with E-state index in [1.54, 1.807) is 6.07 Å². The number of aryl methyl sites for hydroxylation is 2. The molecular formula is C14H16BrN5O4. The number of amides is 3. The summed E-state index contributed by atoms with van der Waals surface area (Å²) in [5, 5.41) is 6.51. The fraction of sp³-hybridized carbons (Fsp3) is 0.286. The van der Waals surface area contributed by atoms with Crippen molar-refractivity contribution < 1.29 is 18.8 Å². The maximum absolute atomic E-state index is 11.7. The van der Waals surface area contributed by atoms with E-state index in [0.29, 0.717) is 4.67 Å². The lowest BCUT2D eigenvalue weighted by Gasteiger charge is -2.08. The summed E-state index contributed by atoms with van der Waals surface area (Å²) in [5.74, 6) is -1.47. The average molecular weight is 398 g/mol. The Kier molecular flexibility index (Phi) is 5.74. The molecule has 0 atom stereocenters. The first-order chi connectivity index (χ1) is 11.3. The normalized spacial score (nSPS) is 10.3. The zero-order valence-electron chi connectivity index (χ0n) is 13.1. The molecule has 0 bridgehead atoms. The van der Waals surface area contributed by atoms with Crippen LogP contribution in [0.5, 0.6) is 0 Å². The van der Waals surface area contributed by atoms with E-state index in [0.717, 1.165) is 11.4 Å². The summed E-state index contributed by atoms with van der Waals surface area (Å²) >= 11 is 3.07. The Bertz CT molecular complexity index is 767. The largest absolute Gasteiger partial charge is 0.444 e. The van der Waals surface area contributed by atoms with Crippen LogP contribution >= 0.6 is 15.9 Å². The maximum atomic E-state index is 11.7. The summed E-state index contributed by atoms with van der Waals surface area (Å²) in [7, 11) is 0. The Morgan fingerprint density at radius 2 is 1.92 bits per heavy atom. The highest BCUT2D eigenvalue weighted by Crippen LogP contribution is 2.13. The summed E-state index contributed by atoms with van der Waals surface area (Å²) in [6.45, 7) is 3.32. The lowest BCUT2D eigenvalue weighted by molar-refractivity contribution is -0.128. The predicted octanol–water partition coefficient (Wildman–Crippen LogP) is 0.433. The Morgan fingerprint density at radius 3 is 2.50 bits per heavy atom. The highest BCUT2D eigenvalue weighted by Gasteiger charge is 2.12. The lowest BCUT2D eigenvalue weighted by atomic mass is 10.4. The summed E-state index contributed by atoms with van der Waals surface area (Å²) in [6, 6.07) is 4.87. The molecule has 10 heteroatoms. The van der Waals surface area contributed by atoms with Crippen molar-refractivity contribution in [3.63, 3.8) is 0 Å². The van der Waals surface area contributed by atoms with Crippen molar-refractivity contribution in [3.8, 4) is 0 Å². The third-order valence-corrected chi connectivity index (χ3v) is 3.37. The van der Waals surface area contributed by atoms with Gasteiger partial charge in [-0.3, -0.25) is 29.9 Å². The second-order valence-corrected chi connectivity index (χ2v) is 5.75.